The predicted molar refractivity (Wildman–Crippen MR) is 480 cm³/mol. The van der Waals surface area contributed by atoms with Crippen LogP contribution in [-0.4, -0.2) is 308 Å². The SMILES string of the molecule is CCCC[C@H]1C(=O)N(C)[C@@H](CCCC)C(=O)N[C@@H](CCCNC(=N)N)C(=O)N[C@H](C(=O)NCC(N)=O)CSCC(=O)N[C@@H](Cc2ccccc2)C(=O)N(C)[C@@H](C)C(=O)N[C@@H](CC(N)=O)C(=O)N2CCC[C@H]2C(=O)N[C@@H](CC(=O)O)C(=O)N[C@@H](CC(C)C)C(=O)N(C)CC(=O)N[C@@H](Cc2c[nH]c3ccccc23)C(=O)N[C@@H](CO)C(=O)N[C@@H](Cc2c[nH]c3ccccc23)C(=O)N1C. The molecule has 130 heavy (non-hydrogen) atoms. The largest absolute Gasteiger partial charge is 0.481 e. The third-order valence-corrected chi connectivity index (χ3v) is 23.6. The number of aliphatic carboxylic acids is 1. The van der Waals surface area contributed by atoms with Crippen LogP contribution in [0.4, 0.5) is 0 Å². The first kappa shape index (κ1) is 104. The number of rotatable bonds is 26. The van der Waals surface area contributed by atoms with Crippen molar-refractivity contribution in [3.8, 4) is 0 Å². The van der Waals surface area contributed by atoms with E-state index in [9.17, 15) is 72.5 Å². The highest BCUT2D eigenvalue weighted by atomic mass is 32.2. The van der Waals surface area contributed by atoms with Gasteiger partial charge in [-0.25, -0.2) is 0 Å². The number of hydrogen-bond acceptors (Lipinski definition) is 21. The summed E-state index contributed by atoms with van der Waals surface area (Å²) in [7, 11) is 5.11. The van der Waals surface area contributed by atoms with Crippen LogP contribution in [0.25, 0.3) is 21.8 Å². The van der Waals surface area contributed by atoms with Gasteiger partial charge in [0.2, 0.25) is 100 Å². The van der Waals surface area contributed by atoms with Crippen molar-refractivity contribution in [2.75, 3.05) is 72.5 Å². The molecule has 3 aromatic carbocycles. The zero-order valence-corrected chi connectivity index (χ0v) is 75.4. The van der Waals surface area contributed by atoms with Crippen molar-refractivity contribution in [2.45, 2.75) is 216 Å². The molecule has 0 saturated carbocycles. The Morgan fingerprint density at radius 1 is 0.523 bits per heavy atom. The predicted octanol–water partition coefficient (Wildman–Crippen LogP) is -2.63. The van der Waals surface area contributed by atoms with Crippen LogP contribution in [0.5, 0.6) is 0 Å². The third-order valence-electron chi connectivity index (χ3n) is 22.5. The number of aliphatic hydroxyl groups is 1. The molecular weight excluding hydrogens is 1710 g/mol. The van der Waals surface area contributed by atoms with Gasteiger partial charge in [0.1, 0.15) is 78.5 Å². The van der Waals surface area contributed by atoms with Crippen molar-refractivity contribution in [2.24, 2.45) is 23.1 Å². The maximum absolute atomic E-state index is 15.7. The average Bonchev–Trinajstić information content (AvgIpc) is 1.27. The Balaban J connectivity index is 1.30. The van der Waals surface area contributed by atoms with Crippen LogP contribution in [-0.2, 0) is 106 Å². The number of aromatic nitrogens is 2. The zero-order chi connectivity index (χ0) is 95.8. The van der Waals surface area contributed by atoms with Gasteiger partial charge in [0, 0.05) is 100 Å². The fourth-order valence-corrected chi connectivity index (χ4v) is 16.2. The monoisotopic (exact) mass is 1830 g/mol. The van der Waals surface area contributed by atoms with Gasteiger partial charge >= 0.3 is 5.97 Å². The van der Waals surface area contributed by atoms with E-state index in [0.717, 1.165) is 36.3 Å². The van der Waals surface area contributed by atoms with Crippen LogP contribution in [0.3, 0.4) is 0 Å². The van der Waals surface area contributed by atoms with Crippen molar-refractivity contribution in [3.63, 3.8) is 0 Å². The van der Waals surface area contributed by atoms with Crippen molar-refractivity contribution in [1.82, 2.24) is 93.0 Å². The number of fused-ring (bicyclic) bond motifs is 3. The number of aromatic amines is 2. The quantitative estimate of drug-likeness (QED) is 0.0153. The van der Waals surface area contributed by atoms with E-state index in [1.165, 1.54) is 35.1 Å². The number of unbranched alkanes of at least 4 members (excludes halogenated alkanes) is 2. The summed E-state index contributed by atoms with van der Waals surface area (Å²) in [5.74, 6) is -19.9. The number of nitrogens with two attached hydrogens (primary N) is 3. The molecule has 5 aromatic rings. The number of primary amides is 2. The molecule has 4 heterocycles. The van der Waals surface area contributed by atoms with Crippen LogP contribution in [0.1, 0.15) is 135 Å². The Bertz CT molecular complexity index is 4870. The van der Waals surface area contributed by atoms with Crippen molar-refractivity contribution < 1.29 is 96.5 Å². The number of carbonyl (C=O) groups is 18. The number of carbonyl (C=O) groups excluding carboxylic acids is 17. The van der Waals surface area contributed by atoms with E-state index >= 15 is 24.0 Å². The number of H-pyrrole nitrogens is 2. The Morgan fingerprint density at radius 3 is 1.64 bits per heavy atom. The summed E-state index contributed by atoms with van der Waals surface area (Å²) in [5, 5.41) is 58.6. The number of thioether (sulfide) groups is 1. The van der Waals surface area contributed by atoms with Gasteiger partial charge in [-0.05, 0) is 86.6 Å². The molecule has 0 bridgehead atoms. The second kappa shape index (κ2) is 50.5. The first-order valence-electron chi connectivity index (χ1n) is 43.3. The highest BCUT2D eigenvalue weighted by Gasteiger charge is 2.44. The summed E-state index contributed by atoms with van der Waals surface area (Å²) in [5.41, 5.74) is 19.5. The van der Waals surface area contributed by atoms with Gasteiger partial charge in [0.05, 0.1) is 38.3 Å². The van der Waals surface area contributed by atoms with Crippen LogP contribution < -0.4 is 75.7 Å². The molecule has 2 aliphatic heterocycles. The number of carboxylic acid groups (broad SMARTS) is 1. The van der Waals surface area contributed by atoms with E-state index in [0.29, 0.717) is 64.2 Å². The van der Waals surface area contributed by atoms with Gasteiger partial charge in [-0.15, -0.1) is 11.8 Å². The van der Waals surface area contributed by atoms with E-state index in [2.05, 4.69) is 68.5 Å². The summed E-state index contributed by atoms with van der Waals surface area (Å²) >= 11 is 0.777. The zero-order valence-electron chi connectivity index (χ0n) is 74.6. The van der Waals surface area contributed by atoms with Gasteiger partial charge < -0.3 is 120 Å². The normalized spacial score (nSPS) is 23.7. The molecule has 17 amide bonds. The fraction of sp³-hybridized carbons (Fsp3) is 0.529. The Morgan fingerprint density at radius 2 is 1.05 bits per heavy atom. The standard InChI is InChI=1S/C87H124N22O20S/c1-10-12-30-66-80(123)98-57(29-21-33-92-87(90)91)76(119)104-65(75(118)95-43-70(89)112)46-130-47-72(114)97-61(36-50-23-15-14-16-24-50)83(126)106(7)49(5)74(117)100-63(39-69(88)111)85(128)109-34-22-32-67(109)81(124)99-59(40-73(115)116)78(121)101-60(35-48(3)4)82(125)105(6)44-71(113)96-58(37-51-41-93-55-27-19-17-25-53(51)55)77(120)103-64(45-110)79(122)102-62(38-52-42-94-56-28-20-18-26-54(52)56)84(127)108(9)68(31-13-11-2)86(129)107(66)8/h14-20,23-28,41-42,48-49,57-68,93-94,110H,10-13,21-22,29-40,43-47H2,1-9H3,(H2,88,111)(H2,89,112)(H,95,118)(H,96,113)(H,97,114)(H,98,123)(H,99,124)(H,100,117)(H,101,121)(H,102,122)(H,103,120)(H,104,119)(H,115,116)(H4,90,91,92)/t49-,57-,58-,59-,60-,61-,62-,63-,64-,65-,66-,67-,68-/m0/s1. The molecular formula is C87H124N22O20S. The minimum Gasteiger partial charge on any atom is -0.481 e. The average molecular weight is 1830 g/mol. The van der Waals surface area contributed by atoms with E-state index < -0.39 is 235 Å². The maximum Gasteiger partial charge on any atom is 0.305 e. The Hall–Kier alpha value is -13.2. The molecule has 708 valence electrons. The highest BCUT2D eigenvalue weighted by Crippen LogP contribution is 2.26. The van der Waals surface area contributed by atoms with Crippen molar-refractivity contribution >= 4 is 146 Å². The lowest BCUT2D eigenvalue weighted by molar-refractivity contribution is -0.149. The molecule has 42 nitrogen and oxygen atoms in total. The lowest BCUT2D eigenvalue weighted by Crippen LogP contribution is -2.61. The van der Waals surface area contributed by atoms with Crippen molar-refractivity contribution in [1.29, 1.82) is 5.41 Å². The first-order valence-corrected chi connectivity index (χ1v) is 44.4. The molecule has 2 fully saturated rings. The van der Waals surface area contributed by atoms with Gasteiger partial charge in [0.25, 0.3) is 0 Å². The summed E-state index contributed by atoms with van der Waals surface area (Å²) in [6, 6.07) is 1.69. The second-order valence-corrected chi connectivity index (χ2v) is 34.0. The van der Waals surface area contributed by atoms with Crippen LogP contribution in [0, 0.1) is 11.3 Å². The smallest absolute Gasteiger partial charge is 0.305 e. The first-order chi connectivity index (χ1) is 61.7. The van der Waals surface area contributed by atoms with Crippen LogP contribution >= 0.6 is 11.8 Å². The summed E-state index contributed by atoms with van der Waals surface area (Å²) < 4.78 is 0. The lowest BCUT2D eigenvalue weighted by atomic mass is 10.00. The molecule has 22 N–H and O–H groups in total. The minimum atomic E-state index is -1.94. The number of para-hydroxylation sites is 2. The fourth-order valence-electron chi connectivity index (χ4n) is 15.4. The molecule has 0 unspecified atom stereocenters. The van der Waals surface area contributed by atoms with E-state index in [1.807, 2.05) is 13.8 Å². The number of likely N-dealkylation sites (N-methyl/N-ethyl adjacent to an activating group) is 4. The topological polar surface area (TPSA) is 630 Å². The number of amides is 17. The number of benzene rings is 3. The van der Waals surface area contributed by atoms with Gasteiger partial charge in [0.15, 0.2) is 5.96 Å². The molecule has 2 aromatic heterocycles. The van der Waals surface area contributed by atoms with Crippen molar-refractivity contribution in [3.05, 3.63) is 108 Å². The van der Waals surface area contributed by atoms with Gasteiger partial charge in [-0.3, -0.25) is 91.7 Å². The number of carboxylic acids is 1. The second-order valence-electron chi connectivity index (χ2n) is 33.0. The highest BCUT2D eigenvalue weighted by molar-refractivity contribution is 8.00. The minimum absolute atomic E-state index is 0.00581. The number of nitrogens with one attached hydrogen (secondary N) is 14. The van der Waals surface area contributed by atoms with E-state index in [-0.39, 0.29) is 83.2 Å². The molecule has 43 heteroatoms. The molecule has 7 rings (SSSR count). The summed E-state index contributed by atoms with van der Waals surface area (Å²) in [4.78, 5) is 271. The lowest BCUT2D eigenvalue weighted by Gasteiger charge is -2.36. The van der Waals surface area contributed by atoms with Gasteiger partial charge in [-0.2, -0.15) is 0 Å². The van der Waals surface area contributed by atoms with E-state index in [4.69, 9.17) is 22.6 Å². The Labute approximate surface area is 756 Å². The number of aliphatic hydroxyl groups excluding tert-OH is 1. The number of nitrogens with zero attached hydrogens (tertiary/aromatic N) is 5. The number of guanidine groups is 1. The molecule has 0 spiro atoms. The summed E-state index contributed by atoms with van der Waals surface area (Å²) in [6.07, 6.45) is 1.91. The summed E-state index contributed by atoms with van der Waals surface area (Å²) in [6.45, 7) is 5.52. The molecule has 2 saturated heterocycles. The van der Waals surface area contributed by atoms with E-state index in [1.54, 1.807) is 105 Å². The van der Waals surface area contributed by atoms with Crippen LogP contribution in [0.15, 0.2) is 91.3 Å². The Kier molecular flexibility index (Phi) is 40.3. The molecule has 2 aliphatic rings. The van der Waals surface area contributed by atoms with Crippen LogP contribution in [0.2, 0.25) is 0 Å². The maximum atomic E-state index is 15.7. The molecule has 0 aliphatic carbocycles. The third kappa shape index (κ3) is 30.5. The van der Waals surface area contributed by atoms with Gasteiger partial charge in [-0.1, -0.05) is 120 Å². The number of hydrogen-bond donors (Lipinski definition) is 19. The molecule has 13 atom stereocenters. The molecule has 0 radical (unpaired) electrons.